The molecule has 1 heterocycles. The summed E-state index contributed by atoms with van der Waals surface area (Å²) in [5, 5.41) is 3.04. The number of benzene rings is 1. The van der Waals surface area contributed by atoms with Crippen LogP contribution in [-0.2, 0) is 11.3 Å². The summed E-state index contributed by atoms with van der Waals surface area (Å²) in [5.74, 6) is 0.127. The zero-order chi connectivity index (χ0) is 14.2. The molecule has 1 amide bonds. The van der Waals surface area contributed by atoms with Crippen molar-refractivity contribution in [3.8, 4) is 0 Å². The van der Waals surface area contributed by atoms with Gasteiger partial charge < -0.3 is 11.1 Å². The summed E-state index contributed by atoms with van der Waals surface area (Å²) in [6.07, 6.45) is 3.70. The van der Waals surface area contributed by atoms with Crippen LogP contribution in [0.25, 0.3) is 0 Å². The van der Waals surface area contributed by atoms with Crippen molar-refractivity contribution >= 4 is 5.91 Å². The average Bonchev–Trinajstić information content (AvgIpc) is 2.91. The summed E-state index contributed by atoms with van der Waals surface area (Å²) in [5.41, 5.74) is 6.76. The van der Waals surface area contributed by atoms with E-state index < -0.39 is 0 Å². The van der Waals surface area contributed by atoms with Crippen molar-refractivity contribution in [1.29, 1.82) is 0 Å². The van der Waals surface area contributed by atoms with E-state index in [4.69, 9.17) is 5.73 Å². The third-order valence-corrected chi connectivity index (χ3v) is 3.87. The Bertz CT molecular complexity index is 407. The van der Waals surface area contributed by atoms with Gasteiger partial charge in [0.25, 0.3) is 0 Å². The first-order valence-electron chi connectivity index (χ1n) is 7.54. The first-order valence-corrected chi connectivity index (χ1v) is 7.54. The van der Waals surface area contributed by atoms with Crippen molar-refractivity contribution in [2.24, 2.45) is 5.73 Å². The molecule has 0 bridgehead atoms. The SMILES string of the molecule is NCCCC(=O)NCC1CCCN1Cc1ccccc1. The number of hydrogen-bond acceptors (Lipinski definition) is 3. The van der Waals surface area contributed by atoms with Gasteiger partial charge >= 0.3 is 0 Å². The number of nitrogens with one attached hydrogen (secondary N) is 1. The van der Waals surface area contributed by atoms with E-state index in [0.717, 1.165) is 26.1 Å². The van der Waals surface area contributed by atoms with Gasteiger partial charge in [0.05, 0.1) is 0 Å². The van der Waals surface area contributed by atoms with Crippen molar-refractivity contribution in [2.45, 2.75) is 38.3 Å². The molecule has 20 heavy (non-hydrogen) atoms. The smallest absolute Gasteiger partial charge is 0.220 e. The molecule has 0 saturated carbocycles. The molecule has 1 fully saturated rings. The van der Waals surface area contributed by atoms with E-state index in [2.05, 4.69) is 34.5 Å². The van der Waals surface area contributed by atoms with Gasteiger partial charge in [-0.3, -0.25) is 9.69 Å². The molecule has 1 aromatic carbocycles. The van der Waals surface area contributed by atoms with Gasteiger partial charge in [-0.1, -0.05) is 30.3 Å². The van der Waals surface area contributed by atoms with Crippen molar-refractivity contribution in [3.63, 3.8) is 0 Å². The lowest BCUT2D eigenvalue weighted by atomic mass is 10.1. The predicted molar refractivity (Wildman–Crippen MR) is 81.2 cm³/mol. The maximum Gasteiger partial charge on any atom is 0.220 e. The minimum Gasteiger partial charge on any atom is -0.355 e. The first-order chi connectivity index (χ1) is 9.79. The monoisotopic (exact) mass is 275 g/mol. The molecule has 1 unspecified atom stereocenters. The lowest BCUT2D eigenvalue weighted by molar-refractivity contribution is -0.121. The summed E-state index contributed by atoms with van der Waals surface area (Å²) in [6.45, 7) is 3.44. The molecule has 4 nitrogen and oxygen atoms in total. The van der Waals surface area contributed by atoms with Gasteiger partial charge in [-0.05, 0) is 37.9 Å². The van der Waals surface area contributed by atoms with Crippen molar-refractivity contribution < 1.29 is 4.79 Å². The number of carbonyl (C=O) groups excluding carboxylic acids is 1. The number of likely N-dealkylation sites (tertiary alicyclic amines) is 1. The van der Waals surface area contributed by atoms with Crippen LogP contribution in [0.3, 0.4) is 0 Å². The van der Waals surface area contributed by atoms with Crippen LogP contribution in [0.1, 0.15) is 31.2 Å². The summed E-state index contributed by atoms with van der Waals surface area (Å²) in [4.78, 5) is 14.1. The van der Waals surface area contributed by atoms with Gasteiger partial charge in [0.1, 0.15) is 0 Å². The minimum atomic E-state index is 0.127. The van der Waals surface area contributed by atoms with Gasteiger partial charge in [0, 0.05) is 25.6 Å². The predicted octanol–water partition coefficient (Wildman–Crippen LogP) is 1.51. The largest absolute Gasteiger partial charge is 0.355 e. The Morgan fingerprint density at radius 2 is 2.15 bits per heavy atom. The van der Waals surface area contributed by atoms with Crippen molar-refractivity contribution in [3.05, 3.63) is 35.9 Å². The van der Waals surface area contributed by atoms with Crippen LogP contribution in [0.4, 0.5) is 0 Å². The Morgan fingerprint density at radius 3 is 2.90 bits per heavy atom. The molecule has 1 aliphatic heterocycles. The second-order valence-corrected chi connectivity index (χ2v) is 5.45. The Kier molecular flexibility index (Phi) is 6.02. The number of nitrogens with two attached hydrogens (primary N) is 1. The van der Waals surface area contributed by atoms with Crippen LogP contribution in [0.15, 0.2) is 30.3 Å². The summed E-state index contributed by atoms with van der Waals surface area (Å²) >= 11 is 0. The highest BCUT2D eigenvalue weighted by Gasteiger charge is 2.24. The molecule has 0 spiro atoms. The summed E-state index contributed by atoms with van der Waals surface area (Å²) < 4.78 is 0. The summed E-state index contributed by atoms with van der Waals surface area (Å²) in [6, 6.07) is 11.0. The molecule has 110 valence electrons. The van der Waals surface area contributed by atoms with Gasteiger partial charge in [0.2, 0.25) is 5.91 Å². The Morgan fingerprint density at radius 1 is 1.35 bits per heavy atom. The number of hydrogen-bond donors (Lipinski definition) is 2. The molecule has 3 N–H and O–H groups in total. The fraction of sp³-hybridized carbons (Fsp3) is 0.562. The van der Waals surface area contributed by atoms with E-state index in [1.54, 1.807) is 0 Å². The highest BCUT2D eigenvalue weighted by molar-refractivity contribution is 5.75. The van der Waals surface area contributed by atoms with E-state index in [0.29, 0.717) is 19.0 Å². The third-order valence-electron chi connectivity index (χ3n) is 3.87. The normalized spacial score (nSPS) is 19.1. The van der Waals surface area contributed by atoms with Crippen LogP contribution in [0.2, 0.25) is 0 Å². The van der Waals surface area contributed by atoms with Crippen LogP contribution in [-0.4, -0.2) is 36.5 Å². The minimum absolute atomic E-state index is 0.127. The van der Waals surface area contributed by atoms with Gasteiger partial charge in [-0.15, -0.1) is 0 Å². The second kappa shape index (κ2) is 8.02. The van der Waals surface area contributed by atoms with E-state index in [9.17, 15) is 4.79 Å². The molecule has 1 aromatic rings. The fourth-order valence-electron chi connectivity index (χ4n) is 2.74. The highest BCUT2D eigenvalue weighted by Crippen LogP contribution is 2.19. The van der Waals surface area contributed by atoms with Gasteiger partial charge in [-0.2, -0.15) is 0 Å². The van der Waals surface area contributed by atoms with Crippen LogP contribution >= 0.6 is 0 Å². The lowest BCUT2D eigenvalue weighted by Crippen LogP contribution is -2.39. The van der Waals surface area contributed by atoms with Crippen LogP contribution in [0, 0.1) is 0 Å². The number of amides is 1. The molecule has 1 saturated heterocycles. The van der Waals surface area contributed by atoms with Crippen LogP contribution in [0.5, 0.6) is 0 Å². The summed E-state index contributed by atoms with van der Waals surface area (Å²) in [7, 11) is 0. The number of rotatable bonds is 7. The zero-order valence-corrected chi connectivity index (χ0v) is 12.1. The van der Waals surface area contributed by atoms with Crippen molar-refractivity contribution in [2.75, 3.05) is 19.6 Å². The quantitative estimate of drug-likeness (QED) is 0.793. The molecule has 0 aliphatic carbocycles. The number of nitrogens with zero attached hydrogens (tertiary/aromatic N) is 1. The highest BCUT2D eigenvalue weighted by atomic mass is 16.1. The average molecular weight is 275 g/mol. The molecule has 0 radical (unpaired) electrons. The van der Waals surface area contributed by atoms with Gasteiger partial charge in [0.15, 0.2) is 0 Å². The fourth-order valence-corrected chi connectivity index (χ4v) is 2.74. The topological polar surface area (TPSA) is 58.4 Å². The standard InChI is InChI=1S/C16H25N3O/c17-10-4-9-16(20)18-12-15-8-5-11-19(15)13-14-6-2-1-3-7-14/h1-3,6-7,15H,4-5,8-13,17H2,(H,18,20). The van der Waals surface area contributed by atoms with E-state index in [1.807, 2.05) is 6.07 Å². The maximum atomic E-state index is 11.6. The van der Waals surface area contributed by atoms with E-state index >= 15 is 0 Å². The molecule has 0 aromatic heterocycles. The Balaban J connectivity index is 1.77. The second-order valence-electron chi connectivity index (χ2n) is 5.45. The molecule has 1 atom stereocenters. The van der Waals surface area contributed by atoms with E-state index in [1.165, 1.54) is 18.4 Å². The maximum absolute atomic E-state index is 11.6. The molecule has 1 aliphatic rings. The Hall–Kier alpha value is -1.39. The zero-order valence-electron chi connectivity index (χ0n) is 12.1. The van der Waals surface area contributed by atoms with Crippen LogP contribution < -0.4 is 11.1 Å². The number of carbonyl (C=O) groups is 1. The lowest BCUT2D eigenvalue weighted by Gasteiger charge is -2.24. The molecular formula is C16H25N3O. The van der Waals surface area contributed by atoms with Crippen molar-refractivity contribution in [1.82, 2.24) is 10.2 Å². The third kappa shape index (κ3) is 4.62. The Labute approximate surface area is 121 Å². The first kappa shape index (κ1) is 15.0. The molecule has 4 heteroatoms. The molecular weight excluding hydrogens is 250 g/mol. The van der Waals surface area contributed by atoms with E-state index in [-0.39, 0.29) is 5.91 Å². The molecule has 2 rings (SSSR count). The van der Waals surface area contributed by atoms with Gasteiger partial charge in [-0.25, -0.2) is 0 Å².